The molecular weight excluding hydrogens is 270 g/mol. The maximum absolute atomic E-state index is 5.98. The van der Waals surface area contributed by atoms with Crippen LogP contribution in [0.25, 0.3) is 0 Å². The lowest BCUT2D eigenvalue weighted by atomic mass is 10.0. The summed E-state index contributed by atoms with van der Waals surface area (Å²) in [5.74, 6) is 0.809. The molecular formula is C17H24ClNO. The van der Waals surface area contributed by atoms with Gasteiger partial charge in [0.05, 0.1) is 6.10 Å². The van der Waals surface area contributed by atoms with Gasteiger partial charge in [-0.05, 0) is 68.7 Å². The molecule has 3 rings (SSSR count). The van der Waals surface area contributed by atoms with E-state index in [0.717, 1.165) is 30.5 Å². The molecule has 1 saturated carbocycles. The Balaban J connectivity index is 1.51. The molecule has 1 aliphatic heterocycles. The Kier molecular flexibility index (Phi) is 4.98. The molecule has 0 spiro atoms. The lowest BCUT2D eigenvalue weighted by Gasteiger charge is -2.24. The van der Waals surface area contributed by atoms with E-state index in [1.54, 1.807) is 0 Å². The molecule has 1 aromatic carbocycles. The lowest BCUT2D eigenvalue weighted by Crippen LogP contribution is -2.29. The minimum Gasteiger partial charge on any atom is -0.378 e. The number of rotatable bonds is 6. The lowest BCUT2D eigenvalue weighted by molar-refractivity contribution is 0.0111. The van der Waals surface area contributed by atoms with Crippen LogP contribution in [0.2, 0.25) is 5.02 Å². The van der Waals surface area contributed by atoms with Crippen LogP contribution in [0.1, 0.15) is 50.1 Å². The summed E-state index contributed by atoms with van der Waals surface area (Å²) in [7, 11) is 0. The van der Waals surface area contributed by atoms with Crippen LogP contribution in [-0.4, -0.2) is 19.3 Å². The molecule has 20 heavy (non-hydrogen) atoms. The fourth-order valence-electron chi connectivity index (χ4n) is 3.09. The predicted octanol–water partition coefficient (Wildman–Crippen LogP) is 4.34. The summed E-state index contributed by atoms with van der Waals surface area (Å²) in [6.07, 6.45) is 8.10. The zero-order valence-electron chi connectivity index (χ0n) is 12.0. The van der Waals surface area contributed by atoms with Gasteiger partial charge in [0.15, 0.2) is 0 Å². The van der Waals surface area contributed by atoms with E-state index in [0.29, 0.717) is 12.1 Å². The van der Waals surface area contributed by atoms with Gasteiger partial charge in [-0.15, -0.1) is 0 Å². The van der Waals surface area contributed by atoms with E-state index in [2.05, 4.69) is 17.4 Å². The van der Waals surface area contributed by atoms with Crippen molar-refractivity contribution in [2.75, 3.05) is 13.2 Å². The van der Waals surface area contributed by atoms with Crippen LogP contribution in [0, 0.1) is 5.92 Å². The quantitative estimate of drug-likeness (QED) is 0.842. The summed E-state index contributed by atoms with van der Waals surface area (Å²) in [5.41, 5.74) is 1.38. The molecule has 1 aromatic rings. The minimum atomic E-state index is 0.473. The van der Waals surface area contributed by atoms with Gasteiger partial charge in [0.1, 0.15) is 0 Å². The van der Waals surface area contributed by atoms with Gasteiger partial charge in [-0.1, -0.05) is 23.7 Å². The predicted molar refractivity (Wildman–Crippen MR) is 83.1 cm³/mol. The van der Waals surface area contributed by atoms with Gasteiger partial charge in [-0.25, -0.2) is 0 Å². The molecule has 2 nitrogen and oxygen atoms in total. The van der Waals surface area contributed by atoms with Crippen molar-refractivity contribution in [3.8, 4) is 0 Å². The Labute approximate surface area is 126 Å². The average molecular weight is 294 g/mol. The van der Waals surface area contributed by atoms with Crippen LogP contribution in [0.3, 0.4) is 0 Å². The van der Waals surface area contributed by atoms with Crippen LogP contribution in [0.15, 0.2) is 24.3 Å². The summed E-state index contributed by atoms with van der Waals surface area (Å²) in [5, 5.41) is 4.56. The molecule has 0 radical (unpaired) electrons. The van der Waals surface area contributed by atoms with Crippen molar-refractivity contribution in [1.82, 2.24) is 5.32 Å². The van der Waals surface area contributed by atoms with Crippen LogP contribution in [0.5, 0.6) is 0 Å². The van der Waals surface area contributed by atoms with Crippen molar-refractivity contribution < 1.29 is 4.74 Å². The van der Waals surface area contributed by atoms with Gasteiger partial charge in [0.2, 0.25) is 0 Å². The topological polar surface area (TPSA) is 21.3 Å². The monoisotopic (exact) mass is 293 g/mol. The highest BCUT2D eigenvalue weighted by Crippen LogP contribution is 2.41. The molecule has 1 heterocycles. The number of nitrogens with one attached hydrogen (secondary N) is 1. The smallest absolute Gasteiger partial charge is 0.0587 e. The number of ether oxygens (including phenoxy) is 1. The summed E-state index contributed by atoms with van der Waals surface area (Å²) >= 11 is 5.98. The normalized spacial score (nSPS) is 24.6. The van der Waals surface area contributed by atoms with E-state index >= 15 is 0 Å². The molecule has 2 unspecified atom stereocenters. The molecule has 1 N–H and O–H groups in total. The maximum atomic E-state index is 5.98. The first-order valence-electron chi connectivity index (χ1n) is 7.93. The number of hydrogen-bond acceptors (Lipinski definition) is 2. The summed E-state index contributed by atoms with van der Waals surface area (Å²) in [4.78, 5) is 0. The van der Waals surface area contributed by atoms with E-state index in [1.807, 2.05) is 12.1 Å². The second-order valence-electron chi connectivity index (χ2n) is 6.10. The Hall–Kier alpha value is -0.570. The van der Waals surface area contributed by atoms with Crippen molar-refractivity contribution in [2.24, 2.45) is 5.92 Å². The Morgan fingerprint density at radius 3 is 2.60 bits per heavy atom. The van der Waals surface area contributed by atoms with Gasteiger partial charge in [0.25, 0.3) is 0 Å². The van der Waals surface area contributed by atoms with Crippen molar-refractivity contribution in [3.63, 3.8) is 0 Å². The summed E-state index contributed by atoms with van der Waals surface area (Å²) < 4.78 is 5.80. The molecule has 1 aliphatic carbocycles. The van der Waals surface area contributed by atoms with Crippen molar-refractivity contribution in [3.05, 3.63) is 34.9 Å². The van der Waals surface area contributed by atoms with E-state index in [1.165, 1.54) is 37.7 Å². The Morgan fingerprint density at radius 2 is 1.95 bits per heavy atom. The maximum Gasteiger partial charge on any atom is 0.0587 e. The van der Waals surface area contributed by atoms with Crippen molar-refractivity contribution in [1.29, 1.82) is 0 Å². The molecule has 2 atom stereocenters. The van der Waals surface area contributed by atoms with Crippen LogP contribution in [0.4, 0.5) is 0 Å². The third kappa shape index (κ3) is 3.97. The van der Waals surface area contributed by atoms with E-state index in [9.17, 15) is 0 Å². The highest BCUT2D eigenvalue weighted by Gasteiger charge is 2.32. The van der Waals surface area contributed by atoms with Crippen molar-refractivity contribution in [2.45, 2.75) is 50.7 Å². The second kappa shape index (κ2) is 6.93. The molecule has 0 bridgehead atoms. The number of benzene rings is 1. The molecule has 110 valence electrons. The van der Waals surface area contributed by atoms with Gasteiger partial charge in [-0.2, -0.15) is 0 Å². The Morgan fingerprint density at radius 1 is 1.15 bits per heavy atom. The number of halogens is 1. The summed E-state index contributed by atoms with van der Waals surface area (Å²) in [6.45, 7) is 2.00. The first-order chi connectivity index (χ1) is 9.83. The zero-order valence-corrected chi connectivity index (χ0v) is 12.7. The zero-order chi connectivity index (χ0) is 13.8. The van der Waals surface area contributed by atoms with Crippen LogP contribution in [-0.2, 0) is 4.74 Å². The van der Waals surface area contributed by atoms with Gasteiger partial charge in [0, 0.05) is 17.7 Å². The molecule has 1 saturated heterocycles. The minimum absolute atomic E-state index is 0.473. The Bertz CT molecular complexity index is 410. The molecule has 0 aromatic heterocycles. The van der Waals surface area contributed by atoms with Gasteiger partial charge < -0.3 is 10.1 Å². The van der Waals surface area contributed by atoms with E-state index in [-0.39, 0.29) is 0 Å². The fraction of sp³-hybridized carbons (Fsp3) is 0.647. The summed E-state index contributed by atoms with van der Waals surface area (Å²) in [6, 6.07) is 8.82. The van der Waals surface area contributed by atoms with Crippen LogP contribution < -0.4 is 5.32 Å². The van der Waals surface area contributed by atoms with Crippen molar-refractivity contribution >= 4 is 11.6 Å². The van der Waals surface area contributed by atoms with Gasteiger partial charge >= 0.3 is 0 Å². The van der Waals surface area contributed by atoms with E-state index in [4.69, 9.17) is 16.3 Å². The largest absolute Gasteiger partial charge is 0.378 e. The highest BCUT2D eigenvalue weighted by atomic mass is 35.5. The van der Waals surface area contributed by atoms with E-state index < -0.39 is 0 Å². The molecule has 0 amide bonds. The first-order valence-corrected chi connectivity index (χ1v) is 8.31. The highest BCUT2D eigenvalue weighted by molar-refractivity contribution is 6.30. The fourth-order valence-corrected chi connectivity index (χ4v) is 3.22. The number of hydrogen-bond donors (Lipinski definition) is 1. The molecule has 2 fully saturated rings. The molecule has 3 heteroatoms. The molecule has 2 aliphatic rings. The first kappa shape index (κ1) is 14.4. The third-order valence-corrected chi connectivity index (χ3v) is 4.68. The average Bonchev–Trinajstić information content (AvgIpc) is 3.31. The third-order valence-electron chi connectivity index (χ3n) is 4.43. The SMILES string of the molecule is Clc1ccc(C(NCCC2CCCCO2)C2CC2)cc1. The van der Waals surface area contributed by atoms with Crippen LogP contribution >= 0.6 is 11.6 Å². The van der Waals surface area contributed by atoms with Gasteiger partial charge in [-0.3, -0.25) is 0 Å². The standard InChI is InChI=1S/C17H24ClNO/c18-15-8-6-14(7-9-15)17(13-4-5-13)19-11-10-16-3-1-2-12-20-16/h6-9,13,16-17,19H,1-5,10-12H2. The second-order valence-corrected chi connectivity index (χ2v) is 6.53.